The largest absolute Gasteiger partial charge is 0.454 e. The van der Waals surface area contributed by atoms with Crippen molar-refractivity contribution in [3.63, 3.8) is 0 Å². The number of amides is 1. The van der Waals surface area contributed by atoms with E-state index in [1.807, 2.05) is 44.2 Å². The van der Waals surface area contributed by atoms with Gasteiger partial charge in [0.05, 0.1) is 5.92 Å². The van der Waals surface area contributed by atoms with Crippen LogP contribution in [0.25, 0.3) is 0 Å². The minimum atomic E-state index is -0.441. The molecule has 2 atom stereocenters. The number of carbonyl (C=O) groups is 2. The Bertz CT molecular complexity index is 1150. The summed E-state index contributed by atoms with van der Waals surface area (Å²) in [5.74, 6) is 0.725. The first-order valence-electron chi connectivity index (χ1n) is 10.5. The molecule has 1 aliphatic carbocycles. The van der Waals surface area contributed by atoms with Crippen LogP contribution in [0.2, 0.25) is 0 Å². The number of hydrogen-bond acceptors (Lipinski definition) is 6. The first-order chi connectivity index (χ1) is 15.0. The number of nitrogens with one attached hydrogen (secondary N) is 1. The van der Waals surface area contributed by atoms with Gasteiger partial charge in [0, 0.05) is 35.0 Å². The van der Waals surface area contributed by atoms with Crippen molar-refractivity contribution in [2.45, 2.75) is 39.0 Å². The summed E-state index contributed by atoms with van der Waals surface area (Å²) < 4.78 is 11.0. The fourth-order valence-corrected chi connectivity index (χ4v) is 4.68. The van der Waals surface area contributed by atoms with Crippen molar-refractivity contribution in [2.75, 3.05) is 12.1 Å². The predicted molar refractivity (Wildman–Crippen MR) is 115 cm³/mol. The van der Waals surface area contributed by atoms with Crippen LogP contribution in [0.4, 0.5) is 5.82 Å². The molecule has 2 aromatic rings. The molecular weight excluding hydrogens is 394 g/mol. The van der Waals surface area contributed by atoms with Crippen molar-refractivity contribution in [1.29, 1.82) is 0 Å². The molecule has 3 aliphatic rings. The summed E-state index contributed by atoms with van der Waals surface area (Å²) in [6, 6.07) is 11.1. The van der Waals surface area contributed by atoms with Crippen molar-refractivity contribution < 1.29 is 19.1 Å². The van der Waals surface area contributed by atoms with Gasteiger partial charge in [0.2, 0.25) is 6.79 Å². The number of benzene rings is 1. The number of fused-ring (bicyclic) bond motifs is 2. The summed E-state index contributed by atoms with van der Waals surface area (Å²) >= 11 is 0. The SMILES string of the molecule is CC1=C(C(=O)Nc2cccc(C)n2)[C@H](c2ccc3c(c2)OCO3)[C@@H]2C(=O)CCCC2=N1. The summed E-state index contributed by atoms with van der Waals surface area (Å²) in [6.07, 6.45) is 2.06. The van der Waals surface area contributed by atoms with E-state index in [4.69, 9.17) is 14.5 Å². The number of aliphatic imine (C=N–C) groups is 1. The Balaban J connectivity index is 1.59. The molecule has 0 bridgehead atoms. The molecule has 5 rings (SSSR count). The third-order valence-electron chi connectivity index (χ3n) is 6.04. The van der Waals surface area contributed by atoms with Crippen LogP contribution in [-0.4, -0.2) is 29.2 Å². The molecule has 1 saturated carbocycles. The molecule has 7 heteroatoms. The number of ketones is 1. The lowest BCUT2D eigenvalue weighted by Crippen LogP contribution is -2.39. The highest BCUT2D eigenvalue weighted by molar-refractivity contribution is 6.14. The molecule has 158 valence electrons. The molecule has 1 N–H and O–H groups in total. The molecule has 1 aromatic heterocycles. The number of rotatable bonds is 3. The number of nitrogens with zero attached hydrogens (tertiary/aromatic N) is 2. The Morgan fingerprint density at radius 3 is 2.74 bits per heavy atom. The standard InChI is InChI=1S/C24H23N3O4/c1-13-5-3-8-20(25-13)27-24(29)21-14(2)26-16-6-4-7-17(28)23(16)22(21)15-9-10-18-19(11-15)31-12-30-18/h3,5,8-11,22-23H,4,6-7,12H2,1-2H3,(H,25,27,29)/t22-,23-/m0/s1. The molecule has 1 fully saturated rings. The fraction of sp³-hybridized carbons (Fsp3) is 0.333. The zero-order valence-electron chi connectivity index (χ0n) is 17.5. The number of allylic oxidation sites excluding steroid dienone is 1. The van der Waals surface area contributed by atoms with E-state index in [-0.39, 0.29) is 18.5 Å². The fourth-order valence-electron chi connectivity index (χ4n) is 4.68. The Labute approximate surface area is 180 Å². The van der Waals surface area contributed by atoms with E-state index in [2.05, 4.69) is 10.3 Å². The molecule has 0 saturated heterocycles. The van der Waals surface area contributed by atoms with Gasteiger partial charge in [-0.15, -0.1) is 0 Å². The second-order valence-electron chi connectivity index (χ2n) is 8.11. The maximum absolute atomic E-state index is 13.4. The quantitative estimate of drug-likeness (QED) is 0.817. The van der Waals surface area contributed by atoms with Gasteiger partial charge in [0.1, 0.15) is 11.6 Å². The third kappa shape index (κ3) is 3.50. The maximum atomic E-state index is 13.4. The third-order valence-corrected chi connectivity index (χ3v) is 6.04. The number of aryl methyl sites for hydroxylation is 1. The van der Waals surface area contributed by atoms with E-state index in [0.717, 1.165) is 29.8 Å². The van der Waals surface area contributed by atoms with Crippen LogP contribution in [0.15, 0.2) is 52.7 Å². The average Bonchev–Trinajstić information content (AvgIpc) is 3.20. The molecule has 2 aliphatic heterocycles. The number of ether oxygens (including phenoxy) is 2. The summed E-state index contributed by atoms with van der Waals surface area (Å²) in [5, 5.41) is 2.90. The van der Waals surface area contributed by atoms with Gasteiger partial charge in [-0.2, -0.15) is 0 Å². The van der Waals surface area contributed by atoms with Crippen LogP contribution in [0, 0.1) is 12.8 Å². The molecule has 3 heterocycles. The Kier molecular flexibility index (Phi) is 4.81. The number of aromatic nitrogens is 1. The number of hydrogen-bond donors (Lipinski definition) is 1. The van der Waals surface area contributed by atoms with Crippen molar-refractivity contribution in [3.05, 3.63) is 58.9 Å². The van der Waals surface area contributed by atoms with Gasteiger partial charge in [-0.25, -0.2) is 4.98 Å². The topological polar surface area (TPSA) is 89.9 Å². The number of anilines is 1. The molecule has 0 spiro atoms. The van der Waals surface area contributed by atoms with Gasteiger partial charge >= 0.3 is 0 Å². The molecule has 0 unspecified atom stereocenters. The molecule has 7 nitrogen and oxygen atoms in total. The zero-order chi connectivity index (χ0) is 21.5. The molecular formula is C24H23N3O4. The van der Waals surface area contributed by atoms with Crippen LogP contribution >= 0.6 is 0 Å². The van der Waals surface area contributed by atoms with Crippen LogP contribution in [0.5, 0.6) is 11.5 Å². The molecule has 0 radical (unpaired) electrons. The molecule has 1 aromatic carbocycles. The average molecular weight is 417 g/mol. The van der Waals surface area contributed by atoms with Gasteiger partial charge in [0.15, 0.2) is 11.5 Å². The van der Waals surface area contributed by atoms with E-state index in [9.17, 15) is 9.59 Å². The van der Waals surface area contributed by atoms with Crippen LogP contribution in [0.3, 0.4) is 0 Å². The normalized spacial score (nSPS) is 22.1. The minimum absolute atomic E-state index is 0.124. The predicted octanol–water partition coefficient (Wildman–Crippen LogP) is 3.94. The van der Waals surface area contributed by atoms with Gasteiger partial charge in [-0.1, -0.05) is 12.1 Å². The van der Waals surface area contributed by atoms with Gasteiger partial charge in [-0.3, -0.25) is 14.6 Å². The summed E-state index contributed by atoms with van der Waals surface area (Å²) in [7, 11) is 0. The van der Waals surface area contributed by atoms with Gasteiger partial charge < -0.3 is 14.8 Å². The smallest absolute Gasteiger partial charge is 0.255 e. The second kappa shape index (κ2) is 7.65. The Morgan fingerprint density at radius 1 is 1.06 bits per heavy atom. The van der Waals surface area contributed by atoms with Crippen LogP contribution in [-0.2, 0) is 9.59 Å². The highest BCUT2D eigenvalue weighted by Crippen LogP contribution is 2.45. The lowest BCUT2D eigenvalue weighted by atomic mass is 9.69. The minimum Gasteiger partial charge on any atom is -0.454 e. The molecule has 1 amide bonds. The summed E-state index contributed by atoms with van der Waals surface area (Å²) in [6.45, 7) is 3.87. The molecule has 31 heavy (non-hydrogen) atoms. The van der Waals surface area contributed by atoms with E-state index in [1.54, 1.807) is 6.07 Å². The van der Waals surface area contributed by atoms with Crippen LogP contribution < -0.4 is 14.8 Å². The highest BCUT2D eigenvalue weighted by atomic mass is 16.7. The van der Waals surface area contributed by atoms with Crippen LogP contribution in [0.1, 0.15) is 43.4 Å². The lowest BCUT2D eigenvalue weighted by Gasteiger charge is -2.36. The second-order valence-corrected chi connectivity index (χ2v) is 8.11. The van der Waals surface area contributed by atoms with E-state index >= 15 is 0 Å². The number of carbonyl (C=O) groups excluding carboxylic acids is 2. The lowest BCUT2D eigenvalue weighted by molar-refractivity contribution is -0.122. The van der Waals surface area contributed by atoms with Crippen molar-refractivity contribution in [3.8, 4) is 11.5 Å². The maximum Gasteiger partial charge on any atom is 0.255 e. The van der Waals surface area contributed by atoms with Crippen molar-refractivity contribution in [1.82, 2.24) is 4.98 Å². The van der Waals surface area contributed by atoms with Gasteiger partial charge in [0.25, 0.3) is 5.91 Å². The van der Waals surface area contributed by atoms with Crippen molar-refractivity contribution >= 4 is 23.2 Å². The van der Waals surface area contributed by atoms with Crippen molar-refractivity contribution in [2.24, 2.45) is 10.9 Å². The zero-order valence-corrected chi connectivity index (χ0v) is 17.5. The van der Waals surface area contributed by atoms with Gasteiger partial charge in [-0.05, 0) is 56.5 Å². The van der Waals surface area contributed by atoms with E-state index < -0.39 is 11.8 Å². The Hall–Kier alpha value is -3.48. The number of pyridine rings is 1. The summed E-state index contributed by atoms with van der Waals surface area (Å²) in [4.78, 5) is 35.5. The monoisotopic (exact) mass is 417 g/mol. The van der Waals surface area contributed by atoms with E-state index in [0.29, 0.717) is 35.0 Å². The Morgan fingerprint density at radius 2 is 1.90 bits per heavy atom. The first-order valence-corrected chi connectivity index (χ1v) is 10.5. The number of Topliss-reactive ketones (excluding diaryl/α,β-unsaturated/α-hetero) is 1. The summed E-state index contributed by atoms with van der Waals surface area (Å²) in [5.41, 5.74) is 3.64. The first kappa shape index (κ1) is 19.5. The highest BCUT2D eigenvalue weighted by Gasteiger charge is 2.43. The van der Waals surface area contributed by atoms with E-state index in [1.165, 1.54) is 0 Å².